The third-order valence-corrected chi connectivity index (χ3v) is 15.0. The zero-order valence-electron chi connectivity index (χ0n) is 31.9. The molecule has 0 spiro atoms. The van der Waals surface area contributed by atoms with E-state index in [9.17, 15) is 34.2 Å². The number of aromatic hydroxyl groups is 1. The Bertz CT molecular complexity index is 1820. The second kappa shape index (κ2) is 13.3. The van der Waals surface area contributed by atoms with E-state index in [0.717, 1.165) is 50.2 Å². The Labute approximate surface area is 312 Å². The summed E-state index contributed by atoms with van der Waals surface area (Å²) < 4.78 is 6.25. The van der Waals surface area contributed by atoms with Gasteiger partial charge < -0.3 is 25.4 Å². The largest absolute Gasteiger partial charge is 0.508 e. The first kappa shape index (κ1) is 38.5. The number of rotatable bonds is 8. The Morgan fingerprint density at radius 2 is 1.62 bits per heavy atom. The van der Waals surface area contributed by atoms with E-state index in [1.54, 1.807) is 0 Å². The van der Waals surface area contributed by atoms with E-state index in [1.165, 1.54) is 30.4 Å². The number of nitrogens with one attached hydrogen (secondary N) is 1. The van der Waals surface area contributed by atoms with Gasteiger partial charge in [-0.2, -0.15) is 0 Å². The predicted octanol–water partition coefficient (Wildman–Crippen LogP) is 7.96. The highest BCUT2D eigenvalue weighted by Crippen LogP contribution is 2.75. The van der Waals surface area contributed by atoms with Gasteiger partial charge in [0.2, 0.25) is 5.91 Å². The zero-order valence-corrected chi connectivity index (χ0v) is 31.9. The summed E-state index contributed by atoms with van der Waals surface area (Å²) in [7, 11) is 0. The van der Waals surface area contributed by atoms with Crippen LogP contribution in [0.25, 0.3) is 6.08 Å². The summed E-state index contributed by atoms with van der Waals surface area (Å²) in [6.07, 6.45) is 13.8. The van der Waals surface area contributed by atoms with Crippen LogP contribution in [0.1, 0.15) is 111 Å². The highest BCUT2D eigenvalue weighted by Gasteiger charge is 2.71. The van der Waals surface area contributed by atoms with E-state index in [-0.39, 0.29) is 52.0 Å². The molecular weight excluding hydrogens is 674 g/mol. The summed E-state index contributed by atoms with van der Waals surface area (Å²) in [5, 5.41) is 32.5. The summed E-state index contributed by atoms with van der Waals surface area (Å²) in [6, 6.07) is 4.19. The molecule has 0 radical (unpaired) electrons. The molecule has 7 atom stereocenters. The van der Waals surface area contributed by atoms with Gasteiger partial charge in [0.1, 0.15) is 18.1 Å². The second-order valence-electron chi connectivity index (χ2n) is 18.4. The number of fused-ring (bicyclic) bond motifs is 7. The molecule has 0 bridgehead atoms. The number of benzene rings is 1. The minimum Gasteiger partial charge on any atom is -0.508 e. The molecule has 53 heavy (non-hydrogen) atoms. The Morgan fingerprint density at radius 3 is 2.32 bits per heavy atom. The standard InChI is InChI=1S/C43H55NO9/c1-38(2)19-20-42(37(51)52)21-22-43(25-53-36(50)14-7-26-23-27(45)8-10-30(26)44-34(47)12-13-35(48)49)28(29(42)24-38)9-11-32-40(5)17-16-33(46)39(3,4)31(40)15-18-41(32,43)6/h7-10,12-14,23,29,31-32,45H,11,15-22,24-25H2,1-6H3,(H,44,47)(H,48,49)(H,51,52)/b13-12+,14-7+/t29?,31?,32?,40?,41-,42?,43+/m1/s1. The van der Waals surface area contributed by atoms with Crippen LogP contribution in [0.4, 0.5) is 5.69 Å². The van der Waals surface area contributed by atoms with Gasteiger partial charge in [0.15, 0.2) is 0 Å². The van der Waals surface area contributed by atoms with Crippen molar-refractivity contribution >= 4 is 41.4 Å². The fraction of sp³-hybridized carbons (Fsp3) is 0.605. The van der Waals surface area contributed by atoms with Gasteiger partial charge in [-0.15, -0.1) is 0 Å². The first-order valence-electron chi connectivity index (χ1n) is 19.1. The Morgan fingerprint density at radius 1 is 0.906 bits per heavy atom. The quantitative estimate of drug-likeness (QED) is 0.0898. The molecule has 0 aromatic heterocycles. The number of hydrogen-bond acceptors (Lipinski definition) is 7. The molecule has 1 aromatic rings. The van der Waals surface area contributed by atoms with Crippen LogP contribution in [0.3, 0.4) is 0 Å². The Balaban J connectivity index is 1.36. The third kappa shape index (κ3) is 6.33. The van der Waals surface area contributed by atoms with E-state index >= 15 is 0 Å². The van der Waals surface area contributed by atoms with Crippen LogP contribution < -0.4 is 5.32 Å². The van der Waals surface area contributed by atoms with Crippen LogP contribution in [0.15, 0.2) is 48.1 Å². The molecule has 1 amide bonds. The molecule has 5 aliphatic rings. The minimum atomic E-state index is -1.28. The minimum absolute atomic E-state index is 0.0418. The number of anilines is 1. The van der Waals surface area contributed by atoms with Crippen molar-refractivity contribution in [3.05, 3.63) is 53.6 Å². The lowest BCUT2D eigenvalue weighted by molar-refractivity contribution is -0.202. The van der Waals surface area contributed by atoms with Gasteiger partial charge in [0.05, 0.1) is 5.41 Å². The molecule has 4 saturated carbocycles. The van der Waals surface area contributed by atoms with Gasteiger partial charge in [0, 0.05) is 46.7 Å². The van der Waals surface area contributed by atoms with Gasteiger partial charge in [-0.3, -0.25) is 14.4 Å². The van der Waals surface area contributed by atoms with Gasteiger partial charge in [0.25, 0.3) is 0 Å². The summed E-state index contributed by atoms with van der Waals surface area (Å²) >= 11 is 0. The number of Topliss-reactive ketones (excluding diaryl/α,β-unsaturated/α-hetero) is 1. The van der Waals surface area contributed by atoms with Crippen LogP contribution >= 0.6 is 0 Å². The van der Waals surface area contributed by atoms with Gasteiger partial charge in [-0.1, -0.05) is 53.2 Å². The van der Waals surface area contributed by atoms with Crippen molar-refractivity contribution in [2.45, 2.75) is 106 Å². The molecule has 4 fully saturated rings. The molecule has 0 heterocycles. The number of carboxylic acid groups (broad SMARTS) is 2. The maximum atomic E-state index is 13.7. The topological polar surface area (TPSA) is 167 Å². The normalized spacial score (nSPS) is 35.6. The van der Waals surface area contributed by atoms with Gasteiger partial charge in [-0.05, 0) is 116 Å². The average molecular weight is 730 g/mol. The van der Waals surface area contributed by atoms with Crippen molar-refractivity contribution in [3.63, 3.8) is 0 Å². The number of phenolic OH excluding ortho intramolecular Hbond substituents is 1. The first-order valence-corrected chi connectivity index (χ1v) is 19.1. The lowest BCUT2D eigenvalue weighted by Crippen LogP contribution is -2.66. The van der Waals surface area contributed by atoms with E-state index in [0.29, 0.717) is 43.1 Å². The molecule has 1 aromatic carbocycles. The zero-order chi connectivity index (χ0) is 38.8. The summed E-state index contributed by atoms with van der Waals surface area (Å²) in [6.45, 7) is 13.5. The van der Waals surface area contributed by atoms with Crippen molar-refractivity contribution < 1.29 is 44.0 Å². The molecule has 10 heteroatoms. The van der Waals surface area contributed by atoms with Crippen molar-refractivity contribution in [3.8, 4) is 5.75 Å². The molecule has 6 rings (SSSR count). The maximum Gasteiger partial charge on any atom is 0.330 e. The number of amides is 1. The molecule has 10 nitrogen and oxygen atoms in total. The van der Waals surface area contributed by atoms with Gasteiger partial charge in [-0.25, -0.2) is 9.59 Å². The van der Waals surface area contributed by atoms with Crippen molar-refractivity contribution in [2.75, 3.05) is 11.9 Å². The average Bonchev–Trinajstić information content (AvgIpc) is 3.08. The SMILES string of the molecule is CC1(C)CCC2(C(=O)O)CC[C@]3(COC(=O)/C=C/c4cc(O)ccc4NC(=O)/C=C/C(=O)O)C(=CCC4C5(C)CCC(=O)C(C)(C)C5CC[C@]43C)C2C1. The van der Waals surface area contributed by atoms with E-state index in [1.807, 2.05) is 0 Å². The number of allylic oxidation sites excluding steroid dienone is 1. The second-order valence-corrected chi connectivity index (χ2v) is 18.4. The van der Waals surface area contributed by atoms with Crippen LogP contribution in [0.2, 0.25) is 0 Å². The highest BCUT2D eigenvalue weighted by atomic mass is 16.5. The summed E-state index contributed by atoms with van der Waals surface area (Å²) in [5.74, 6) is -2.84. The smallest absolute Gasteiger partial charge is 0.330 e. The molecule has 286 valence electrons. The van der Waals surface area contributed by atoms with Crippen molar-refractivity contribution in [1.82, 2.24) is 0 Å². The number of phenols is 1. The van der Waals surface area contributed by atoms with Crippen molar-refractivity contribution in [2.24, 2.45) is 50.2 Å². The molecule has 5 aliphatic carbocycles. The molecule has 0 saturated heterocycles. The van der Waals surface area contributed by atoms with Crippen LogP contribution in [-0.2, 0) is 28.7 Å². The van der Waals surface area contributed by atoms with E-state index in [4.69, 9.17) is 9.84 Å². The maximum absolute atomic E-state index is 13.7. The lowest BCUT2D eigenvalue weighted by atomic mass is 9.33. The van der Waals surface area contributed by atoms with Crippen LogP contribution in [0, 0.1) is 50.2 Å². The molecule has 4 N–H and O–H groups in total. The lowest BCUT2D eigenvalue weighted by Gasteiger charge is -2.70. The Hall–Kier alpha value is -4.21. The predicted molar refractivity (Wildman–Crippen MR) is 200 cm³/mol. The number of esters is 1. The molecule has 0 aliphatic heterocycles. The molecular formula is C43H55NO9. The fourth-order valence-corrected chi connectivity index (χ4v) is 12.1. The number of carbonyl (C=O) groups is 5. The van der Waals surface area contributed by atoms with E-state index < -0.39 is 40.1 Å². The van der Waals surface area contributed by atoms with Gasteiger partial charge >= 0.3 is 17.9 Å². The van der Waals surface area contributed by atoms with E-state index in [2.05, 4.69) is 52.9 Å². The number of hydrogen-bond donors (Lipinski definition) is 4. The van der Waals surface area contributed by atoms with Crippen LogP contribution in [-0.4, -0.2) is 51.5 Å². The number of ketones is 1. The highest BCUT2D eigenvalue weighted by molar-refractivity contribution is 6.03. The Kier molecular flexibility index (Phi) is 9.64. The molecule has 5 unspecified atom stereocenters. The third-order valence-electron chi connectivity index (χ3n) is 15.0. The first-order chi connectivity index (χ1) is 24.7. The van der Waals surface area contributed by atoms with Crippen LogP contribution in [0.5, 0.6) is 5.75 Å². The monoisotopic (exact) mass is 729 g/mol. The van der Waals surface area contributed by atoms with Crippen molar-refractivity contribution in [1.29, 1.82) is 0 Å². The fourth-order valence-electron chi connectivity index (χ4n) is 12.1. The number of ether oxygens (including phenoxy) is 1. The summed E-state index contributed by atoms with van der Waals surface area (Å²) in [5.41, 5.74) is -0.670. The number of carboxylic acids is 2. The number of carbonyl (C=O) groups excluding carboxylic acids is 3. The summed E-state index contributed by atoms with van der Waals surface area (Å²) in [4.78, 5) is 63.4. The number of aliphatic carboxylic acids is 2.